The van der Waals surface area contributed by atoms with Crippen molar-refractivity contribution in [2.24, 2.45) is 16.5 Å². The van der Waals surface area contributed by atoms with Crippen molar-refractivity contribution < 1.29 is 9.59 Å². The lowest BCUT2D eigenvalue weighted by molar-refractivity contribution is -0.130. The first-order valence-electron chi connectivity index (χ1n) is 7.08. The summed E-state index contributed by atoms with van der Waals surface area (Å²) in [5, 5.41) is 5.38. The largest absolute Gasteiger partial charge is 0.370 e. The summed E-state index contributed by atoms with van der Waals surface area (Å²) in [7, 11) is 0. The van der Waals surface area contributed by atoms with Crippen LogP contribution in [0.1, 0.15) is 39.5 Å². The quantitative estimate of drug-likeness (QED) is 0.196. The van der Waals surface area contributed by atoms with Gasteiger partial charge in [0.1, 0.15) is 5.54 Å². The second-order valence-electron chi connectivity index (χ2n) is 5.30. The summed E-state index contributed by atoms with van der Waals surface area (Å²) < 4.78 is 0. The molecule has 0 radical (unpaired) electrons. The van der Waals surface area contributed by atoms with Crippen LogP contribution in [0.3, 0.4) is 0 Å². The fourth-order valence-corrected chi connectivity index (χ4v) is 1.64. The predicted molar refractivity (Wildman–Crippen MR) is 84.6 cm³/mol. The average molecular weight is 297 g/mol. The van der Waals surface area contributed by atoms with E-state index in [0.29, 0.717) is 13.1 Å². The van der Waals surface area contributed by atoms with Crippen LogP contribution in [0, 0.1) is 0 Å². The van der Waals surface area contributed by atoms with Gasteiger partial charge in [0, 0.05) is 13.1 Å². The van der Waals surface area contributed by atoms with E-state index < -0.39 is 5.54 Å². The van der Waals surface area contributed by atoms with Crippen LogP contribution in [0.2, 0.25) is 0 Å². The van der Waals surface area contributed by atoms with Crippen LogP contribution in [0.25, 0.3) is 0 Å². The van der Waals surface area contributed by atoms with Gasteiger partial charge in [0.15, 0.2) is 5.96 Å². The zero-order valence-corrected chi connectivity index (χ0v) is 12.9. The van der Waals surface area contributed by atoms with Gasteiger partial charge >= 0.3 is 0 Å². The number of amides is 2. The Morgan fingerprint density at radius 1 is 1.19 bits per heavy atom. The Morgan fingerprint density at radius 2 is 1.81 bits per heavy atom. The standard InChI is InChI=1S/C14H27N5O2/c1-4-11(20)19-14(2,3)12(21)17-9-7-5-6-8-10-18-13(15)16/h4H,1,5-10H2,2-3H3,(H,17,21)(H,19,20)(H4,15,16,18). The maximum Gasteiger partial charge on any atom is 0.245 e. The van der Waals surface area contributed by atoms with Crippen LogP contribution in [0.15, 0.2) is 17.6 Å². The van der Waals surface area contributed by atoms with E-state index >= 15 is 0 Å². The molecule has 6 N–H and O–H groups in total. The molecule has 0 aliphatic rings. The summed E-state index contributed by atoms with van der Waals surface area (Å²) in [6, 6.07) is 0. The molecule has 0 fully saturated rings. The molecule has 0 bridgehead atoms. The molecule has 2 amide bonds. The molecule has 0 unspecified atom stereocenters. The van der Waals surface area contributed by atoms with Gasteiger partial charge in [0.25, 0.3) is 0 Å². The molecule has 0 rings (SSSR count). The average Bonchev–Trinajstić information content (AvgIpc) is 2.40. The van der Waals surface area contributed by atoms with Gasteiger partial charge in [-0.05, 0) is 32.8 Å². The molecule has 0 aliphatic carbocycles. The van der Waals surface area contributed by atoms with Crippen LogP contribution in [0.5, 0.6) is 0 Å². The van der Waals surface area contributed by atoms with Gasteiger partial charge in [-0.15, -0.1) is 0 Å². The van der Waals surface area contributed by atoms with E-state index in [2.05, 4.69) is 22.2 Å². The maximum atomic E-state index is 11.9. The van der Waals surface area contributed by atoms with E-state index in [1.165, 1.54) is 0 Å². The highest BCUT2D eigenvalue weighted by Crippen LogP contribution is 2.03. The molecule has 120 valence electrons. The number of carbonyl (C=O) groups excluding carboxylic acids is 2. The first-order valence-corrected chi connectivity index (χ1v) is 7.08. The lowest BCUT2D eigenvalue weighted by atomic mass is 10.0. The molecular formula is C14H27N5O2. The van der Waals surface area contributed by atoms with Crippen molar-refractivity contribution in [1.29, 1.82) is 0 Å². The summed E-state index contributed by atoms with van der Waals surface area (Å²) >= 11 is 0. The zero-order valence-electron chi connectivity index (χ0n) is 12.9. The highest BCUT2D eigenvalue weighted by Gasteiger charge is 2.28. The van der Waals surface area contributed by atoms with Crippen molar-refractivity contribution in [3.05, 3.63) is 12.7 Å². The molecule has 0 saturated heterocycles. The van der Waals surface area contributed by atoms with Gasteiger partial charge in [-0.2, -0.15) is 0 Å². The van der Waals surface area contributed by atoms with Crippen LogP contribution in [-0.2, 0) is 9.59 Å². The van der Waals surface area contributed by atoms with Gasteiger partial charge in [-0.3, -0.25) is 14.6 Å². The predicted octanol–water partition coefficient (Wildman–Crippen LogP) is 0.0172. The number of aliphatic imine (C=N–C) groups is 1. The third-order valence-electron chi connectivity index (χ3n) is 2.85. The Balaban J connectivity index is 3.77. The van der Waals surface area contributed by atoms with Crippen LogP contribution < -0.4 is 22.1 Å². The molecule has 7 heteroatoms. The monoisotopic (exact) mass is 297 g/mol. The van der Waals surface area contributed by atoms with E-state index in [0.717, 1.165) is 31.8 Å². The van der Waals surface area contributed by atoms with Crippen molar-refractivity contribution >= 4 is 17.8 Å². The zero-order chi connectivity index (χ0) is 16.3. The lowest BCUT2D eigenvalue weighted by Gasteiger charge is -2.24. The number of guanidine groups is 1. The minimum absolute atomic E-state index is 0.117. The first kappa shape index (κ1) is 18.9. The summed E-state index contributed by atoms with van der Waals surface area (Å²) in [6.07, 6.45) is 4.93. The lowest BCUT2D eigenvalue weighted by Crippen LogP contribution is -2.54. The van der Waals surface area contributed by atoms with E-state index in [1.807, 2.05) is 0 Å². The highest BCUT2D eigenvalue weighted by atomic mass is 16.2. The normalized spacial score (nSPS) is 10.6. The molecule has 0 aromatic carbocycles. The van der Waals surface area contributed by atoms with Crippen molar-refractivity contribution in [2.45, 2.75) is 45.1 Å². The van der Waals surface area contributed by atoms with E-state index in [9.17, 15) is 9.59 Å². The molecular weight excluding hydrogens is 270 g/mol. The van der Waals surface area contributed by atoms with Crippen molar-refractivity contribution in [2.75, 3.05) is 13.1 Å². The van der Waals surface area contributed by atoms with Gasteiger partial charge in [0.2, 0.25) is 11.8 Å². The number of hydrogen-bond acceptors (Lipinski definition) is 3. The Bertz CT molecular complexity index is 387. The number of unbranched alkanes of at least 4 members (excludes halogenated alkanes) is 3. The smallest absolute Gasteiger partial charge is 0.245 e. The number of nitrogens with zero attached hydrogens (tertiary/aromatic N) is 1. The molecule has 0 saturated carbocycles. The first-order chi connectivity index (χ1) is 9.79. The fraction of sp³-hybridized carbons (Fsp3) is 0.643. The number of nitrogens with one attached hydrogen (secondary N) is 2. The van der Waals surface area contributed by atoms with Crippen LogP contribution >= 0.6 is 0 Å². The summed E-state index contributed by atoms with van der Waals surface area (Å²) in [4.78, 5) is 27.0. The minimum Gasteiger partial charge on any atom is -0.370 e. The molecule has 0 atom stereocenters. The minimum atomic E-state index is -0.946. The van der Waals surface area contributed by atoms with Crippen molar-refractivity contribution in [3.63, 3.8) is 0 Å². The molecule has 0 spiro atoms. The summed E-state index contributed by atoms with van der Waals surface area (Å²) in [5.41, 5.74) is 9.49. The Hall–Kier alpha value is -2.05. The fourth-order valence-electron chi connectivity index (χ4n) is 1.64. The highest BCUT2D eigenvalue weighted by molar-refractivity contribution is 5.94. The third kappa shape index (κ3) is 9.48. The maximum absolute atomic E-state index is 11.9. The summed E-state index contributed by atoms with van der Waals surface area (Å²) in [5.74, 6) is -0.459. The molecule has 0 aromatic rings. The number of hydrogen-bond donors (Lipinski definition) is 4. The Morgan fingerprint density at radius 3 is 2.38 bits per heavy atom. The van der Waals surface area contributed by atoms with E-state index in [-0.39, 0.29) is 17.8 Å². The second-order valence-corrected chi connectivity index (χ2v) is 5.30. The van der Waals surface area contributed by atoms with Gasteiger partial charge < -0.3 is 22.1 Å². The van der Waals surface area contributed by atoms with Crippen molar-refractivity contribution in [3.8, 4) is 0 Å². The van der Waals surface area contributed by atoms with Gasteiger partial charge in [0.05, 0.1) is 0 Å². The molecule has 0 heterocycles. The number of carbonyl (C=O) groups is 2. The molecule has 0 aromatic heterocycles. The Labute approximate surface area is 126 Å². The van der Waals surface area contributed by atoms with Crippen molar-refractivity contribution in [1.82, 2.24) is 10.6 Å². The van der Waals surface area contributed by atoms with Gasteiger partial charge in [-0.1, -0.05) is 19.4 Å². The SMILES string of the molecule is C=CC(=O)NC(C)(C)C(=O)NCCCCCCN=C(N)N. The number of rotatable bonds is 10. The third-order valence-corrected chi connectivity index (χ3v) is 2.85. The molecule has 21 heavy (non-hydrogen) atoms. The number of nitrogens with two attached hydrogens (primary N) is 2. The van der Waals surface area contributed by atoms with Crippen LogP contribution in [0.4, 0.5) is 0 Å². The topological polar surface area (TPSA) is 123 Å². The van der Waals surface area contributed by atoms with Crippen LogP contribution in [-0.4, -0.2) is 36.4 Å². The van der Waals surface area contributed by atoms with Gasteiger partial charge in [-0.25, -0.2) is 0 Å². The summed E-state index contributed by atoms with van der Waals surface area (Å²) in [6.45, 7) is 7.87. The second kappa shape index (κ2) is 9.79. The van der Waals surface area contributed by atoms with E-state index in [1.54, 1.807) is 13.8 Å². The van der Waals surface area contributed by atoms with E-state index in [4.69, 9.17) is 11.5 Å². The molecule has 7 nitrogen and oxygen atoms in total. The molecule has 0 aliphatic heterocycles. The Kier molecular flexibility index (Phi) is 8.84.